The van der Waals surface area contributed by atoms with E-state index in [9.17, 15) is 9.59 Å². The minimum absolute atomic E-state index is 0.125. The maximum absolute atomic E-state index is 12.6. The van der Waals surface area contributed by atoms with Gasteiger partial charge in [0, 0.05) is 45.0 Å². The summed E-state index contributed by atoms with van der Waals surface area (Å²) in [6.07, 6.45) is 1.31. The van der Waals surface area contributed by atoms with Crippen LogP contribution in [-0.4, -0.2) is 67.6 Å². The van der Waals surface area contributed by atoms with Gasteiger partial charge in [0.05, 0.1) is 5.92 Å². The summed E-state index contributed by atoms with van der Waals surface area (Å²) >= 11 is 0. The van der Waals surface area contributed by atoms with E-state index in [1.54, 1.807) is 4.90 Å². The van der Waals surface area contributed by atoms with E-state index in [2.05, 4.69) is 26.9 Å². The Morgan fingerprint density at radius 2 is 1.58 bits per heavy atom. The summed E-state index contributed by atoms with van der Waals surface area (Å²) in [5, 5.41) is 0. The van der Waals surface area contributed by atoms with Gasteiger partial charge in [-0.1, -0.05) is 30.3 Å². The molecule has 2 aromatic carbocycles. The summed E-state index contributed by atoms with van der Waals surface area (Å²) in [5.41, 5.74) is 2.76. The van der Waals surface area contributed by atoms with Gasteiger partial charge in [-0.25, -0.2) is 0 Å². The number of benzene rings is 2. The number of carbonyl (C=O) groups is 2. The van der Waals surface area contributed by atoms with Crippen molar-refractivity contribution in [2.45, 2.75) is 12.8 Å². The van der Waals surface area contributed by atoms with Crippen molar-refractivity contribution in [2.24, 2.45) is 5.92 Å². The second-order valence-corrected chi connectivity index (χ2v) is 8.54. The van der Waals surface area contributed by atoms with Crippen LogP contribution in [0.25, 0.3) is 11.1 Å². The van der Waals surface area contributed by atoms with E-state index in [1.165, 1.54) is 5.69 Å². The van der Waals surface area contributed by atoms with Crippen molar-refractivity contribution < 1.29 is 18.7 Å². The van der Waals surface area contributed by atoms with E-state index in [4.69, 9.17) is 9.15 Å². The predicted molar refractivity (Wildman–Crippen MR) is 125 cm³/mol. The number of hydrogen-bond acceptors (Lipinski definition) is 7. The number of rotatable bonds is 5. The number of carbonyl (C=O) groups excluding carboxylic acids is 2. The molecule has 5 rings (SSSR count). The first kappa shape index (κ1) is 21.3. The number of nitrogens with zero attached hydrogens (tertiary/aromatic N) is 4. The van der Waals surface area contributed by atoms with Crippen molar-refractivity contribution in [3.8, 4) is 0 Å². The lowest BCUT2D eigenvalue weighted by molar-refractivity contribution is -0.156. The third-order valence-electron chi connectivity index (χ3n) is 6.47. The zero-order chi connectivity index (χ0) is 22.6. The van der Waals surface area contributed by atoms with Crippen molar-refractivity contribution in [3.63, 3.8) is 0 Å². The molecule has 0 bridgehead atoms. The van der Waals surface area contributed by atoms with Gasteiger partial charge in [0.15, 0.2) is 12.2 Å². The van der Waals surface area contributed by atoms with Crippen LogP contribution in [0.4, 0.5) is 11.7 Å². The van der Waals surface area contributed by atoms with E-state index >= 15 is 0 Å². The third kappa shape index (κ3) is 4.79. The Kier molecular flexibility index (Phi) is 6.15. The molecule has 2 saturated heterocycles. The van der Waals surface area contributed by atoms with E-state index in [0.29, 0.717) is 45.0 Å². The fourth-order valence-electron chi connectivity index (χ4n) is 4.50. The van der Waals surface area contributed by atoms with Crippen molar-refractivity contribution >= 4 is 34.7 Å². The molecular weight excluding hydrogens is 420 g/mol. The highest BCUT2D eigenvalue weighted by Crippen LogP contribution is 2.27. The van der Waals surface area contributed by atoms with Gasteiger partial charge < -0.3 is 23.9 Å². The number of anilines is 2. The Labute approximate surface area is 192 Å². The smallest absolute Gasteiger partial charge is 0.309 e. The molecule has 3 heterocycles. The summed E-state index contributed by atoms with van der Waals surface area (Å²) in [4.78, 5) is 35.7. The number of fused-ring (bicyclic) bond motifs is 1. The quantitative estimate of drug-likeness (QED) is 0.555. The van der Waals surface area contributed by atoms with Crippen LogP contribution in [-0.2, 0) is 14.3 Å². The summed E-state index contributed by atoms with van der Waals surface area (Å²) in [7, 11) is 0. The average molecular weight is 449 g/mol. The van der Waals surface area contributed by atoms with Gasteiger partial charge in [-0.05, 0) is 37.1 Å². The highest BCUT2D eigenvalue weighted by molar-refractivity contribution is 5.81. The van der Waals surface area contributed by atoms with Crippen LogP contribution in [0.5, 0.6) is 0 Å². The van der Waals surface area contributed by atoms with Crippen LogP contribution in [0.15, 0.2) is 59.0 Å². The lowest BCUT2D eigenvalue weighted by Crippen LogP contribution is -2.50. The molecule has 0 N–H and O–H groups in total. The first-order valence-electron chi connectivity index (χ1n) is 11.5. The van der Waals surface area contributed by atoms with Crippen molar-refractivity contribution in [1.29, 1.82) is 0 Å². The third-order valence-corrected chi connectivity index (χ3v) is 6.47. The summed E-state index contributed by atoms with van der Waals surface area (Å²) in [5.74, 6) is -0.614. The largest absolute Gasteiger partial charge is 0.455 e. The van der Waals surface area contributed by atoms with Crippen LogP contribution in [0.1, 0.15) is 12.8 Å². The lowest BCUT2D eigenvalue weighted by atomic mass is 9.97. The highest BCUT2D eigenvalue weighted by Gasteiger charge is 2.29. The minimum atomic E-state index is -0.288. The average Bonchev–Trinajstić information content (AvgIpc) is 3.32. The molecule has 0 saturated carbocycles. The molecule has 33 heavy (non-hydrogen) atoms. The number of amides is 1. The monoisotopic (exact) mass is 448 g/mol. The Hall–Kier alpha value is -3.55. The van der Waals surface area contributed by atoms with Crippen LogP contribution >= 0.6 is 0 Å². The molecule has 1 amide bonds. The Balaban J connectivity index is 1.05. The van der Waals surface area contributed by atoms with E-state index in [-0.39, 0.29) is 24.4 Å². The maximum Gasteiger partial charge on any atom is 0.309 e. The fourth-order valence-corrected chi connectivity index (χ4v) is 4.50. The molecule has 1 aromatic heterocycles. The maximum atomic E-state index is 12.6. The van der Waals surface area contributed by atoms with E-state index in [1.807, 2.05) is 42.5 Å². The number of para-hydroxylation sites is 3. The van der Waals surface area contributed by atoms with Gasteiger partial charge in [0.2, 0.25) is 0 Å². The highest BCUT2D eigenvalue weighted by atomic mass is 16.5. The number of oxazole rings is 1. The van der Waals surface area contributed by atoms with Gasteiger partial charge in [0.1, 0.15) is 5.52 Å². The second-order valence-electron chi connectivity index (χ2n) is 8.54. The molecule has 8 nitrogen and oxygen atoms in total. The second kappa shape index (κ2) is 9.52. The lowest BCUT2D eigenvalue weighted by Gasteiger charge is -2.36. The fraction of sp³-hybridized carbons (Fsp3) is 0.400. The number of aromatic nitrogens is 1. The van der Waals surface area contributed by atoms with Crippen molar-refractivity contribution in [3.05, 3.63) is 54.6 Å². The van der Waals surface area contributed by atoms with E-state index in [0.717, 1.165) is 24.2 Å². The molecule has 2 fully saturated rings. The molecule has 172 valence electrons. The van der Waals surface area contributed by atoms with Crippen molar-refractivity contribution in [1.82, 2.24) is 9.88 Å². The number of piperazine rings is 1. The molecule has 0 spiro atoms. The summed E-state index contributed by atoms with van der Waals surface area (Å²) in [6.45, 7) is 3.97. The predicted octanol–water partition coefficient (Wildman–Crippen LogP) is 2.94. The summed E-state index contributed by atoms with van der Waals surface area (Å²) in [6, 6.07) is 18.5. The molecular formula is C25H28N4O4. The van der Waals surface area contributed by atoms with Crippen LogP contribution in [0, 0.1) is 5.92 Å². The van der Waals surface area contributed by atoms with Gasteiger partial charge in [-0.15, -0.1) is 0 Å². The van der Waals surface area contributed by atoms with Gasteiger partial charge in [-0.3, -0.25) is 9.59 Å². The SMILES string of the molecule is O=C(OCC(=O)N1CCN(c2ccccc2)CC1)C1CCN(c2nc3ccccc3o2)CC1. The topological polar surface area (TPSA) is 79.1 Å². The number of piperidine rings is 1. The zero-order valence-electron chi connectivity index (χ0n) is 18.6. The van der Waals surface area contributed by atoms with Crippen molar-refractivity contribution in [2.75, 3.05) is 55.7 Å². The van der Waals surface area contributed by atoms with E-state index < -0.39 is 0 Å². The minimum Gasteiger partial charge on any atom is -0.455 e. The Morgan fingerprint density at radius 3 is 2.30 bits per heavy atom. The molecule has 8 heteroatoms. The van der Waals surface area contributed by atoms with Gasteiger partial charge in [0.25, 0.3) is 11.9 Å². The first-order valence-corrected chi connectivity index (χ1v) is 11.5. The van der Waals surface area contributed by atoms with Crippen LogP contribution < -0.4 is 9.80 Å². The van der Waals surface area contributed by atoms with Crippen LogP contribution in [0.2, 0.25) is 0 Å². The van der Waals surface area contributed by atoms with Crippen LogP contribution in [0.3, 0.4) is 0 Å². The first-order chi connectivity index (χ1) is 16.2. The van der Waals surface area contributed by atoms with Gasteiger partial charge in [-0.2, -0.15) is 4.98 Å². The molecule has 2 aliphatic heterocycles. The van der Waals surface area contributed by atoms with Gasteiger partial charge >= 0.3 is 5.97 Å². The summed E-state index contributed by atoms with van der Waals surface area (Å²) < 4.78 is 11.2. The Morgan fingerprint density at radius 1 is 0.879 bits per heavy atom. The normalized spacial score (nSPS) is 17.4. The molecule has 0 unspecified atom stereocenters. The number of hydrogen-bond donors (Lipinski definition) is 0. The number of esters is 1. The molecule has 0 atom stereocenters. The Bertz CT molecular complexity index is 1070. The standard InChI is InChI=1S/C25H28N4O4/c30-23(28-16-14-27(15-17-28)20-6-2-1-3-7-20)18-32-24(31)19-10-12-29(13-11-19)25-26-21-8-4-5-9-22(21)33-25/h1-9,19H,10-18H2. The number of ether oxygens (including phenoxy) is 1. The molecule has 2 aliphatic rings. The zero-order valence-corrected chi connectivity index (χ0v) is 18.6. The molecule has 0 aliphatic carbocycles. The molecule has 0 radical (unpaired) electrons. The molecule has 3 aromatic rings.